The average Bonchev–Trinajstić information content (AvgIpc) is 2.40. The van der Waals surface area contributed by atoms with Crippen LogP contribution in [0.5, 0.6) is 0 Å². The van der Waals surface area contributed by atoms with E-state index in [0.717, 1.165) is 26.2 Å². The van der Waals surface area contributed by atoms with E-state index in [9.17, 15) is 5.11 Å². The Morgan fingerprint density at radius 3 is 2.50 bits per heavy atom. The Bertz CT molecular complexity index is 375. The lowest BCUT2D eigenvalue weighted by molar-refractivity contribution is 0.115. The van der Waals surface area contributed by atoms with Gasteiger partial charge >= 0.3 is 0 Å². The molecule has 1 saturated heterocycles. The average molecular weight is 249 g/mol. The molecule has 1 aromatic rings. The van der Waals surface area contributed by atoms with Crippen molar-refractivity contribution in [1.82, 2.24) is 4.90 Å². The normalized spacial score (nSPS) is 18.9. The Morgan fingerprint density at radius 2 is 1.89 bits per heavy atom. The van der Waals surface area contributed by atoms with Crippen LogP contribution in [0.3, 0.4) is 0 Å². The van der Waals surface area contributed by atoms with Gasteiger partial charge in [-0.1, -0.05) is 18.2 Å². The van der Waals surface area contributed by atoms with Crippen molar-refractivity contribution in [3.05, 3.63) is 29.8 Å². The van der Waals surface area contributed by atoms with Gasteiger partial charge in [0, 0.05) is 45.0 Å². The lowest BCUT2D eigenvalue weighted by atomic mass is 10.1. The smallest absolute Gasteiger partial charge is 0.0789 e. The molecule has 1 heterocycles. The van der Waals surface area contributed by atoms with Crippen LogP contribution in [0.25, 0.3) is 0 Å². The van der Waals surface area contributed by atoms with Crippen LogP contribution < -0.4 is 10.6 Å². The quantitative estimate of drug-likeness (QED) is 0.813. The maximum absolute atomic E-state index is 9.56. The van der Waals surface area contributed by atoms with E-state index < -0.39 is 6.10 Å². The lowest BCUT2D eigenvalue weighted by Gasteiger charge is -2.37. The fraction of sp³-hybridized carbons (Fsp3) is 0.571. The molecule has 0 amide bonds. The van der Waals surface area contributed by atoms with Crippen molar-refractivity contribution < 1.29 is 5.11 Å². The number of hydrogen-bond donors (Lipinski definition) is 2. The number of benzene rings is 1. The summed E-state index contributed by atoms with van der Waals surface area (Å²) in [4.78, 5) is 4.70. The molecule has 0 aliphatic carbocycles. The minimum atomic E-state index is -0.394. The summed E-state index contributed by atoms with van der Waals surface area (Å²) in [6.45, 7) is 7.21. The first-order valence-electron chi connectivity index (χ1n) is 6.62. The Labute approximate surface area is 109 Å². The molecule has 1 aliphatic heterocycles. The van der Waals surface area contributed by atoms with Gasteiger partial charge in [0.2, 0.25) is 0 Å². The Hall–Kier alpha value is -1.10. The second-order valence-corrected chi connectivity index (χ2v) is 4.96. The molecule has 0 bridgehead atoms. The molecule has 4 heteroatoms. The number of anilines is 1. The summed E-state index contributed by atoms with van der Waals surface area (Å²) in [5.74, 6) is 0. The van der Waals surface area contributed by atoms with Gasteiger partial charge in [0.25, 0.3) is 0 Å². The summed E-state index contributed by atoms with van der Waals surface area (Å²) in [6.07, 6.45) is -0.394. The standard InChI is InChI=1S/C14H23N3O/c1-12-4-2-3-5-14(12)17-8-6-16(7-9-17)11-13(18)10-15/h2-5,13,18H,6-11,15H2,1H3. The van der Waals surface area contributed by atoms with E-state index in [1.807, 2.05) is 0 Å². The molecule has 0 aromatic heterocycles. The zero-order valence-electron chi connectivity index (χ0n) is 11.0. The van der Waals surface area contributed by atoms with E-state index in [-0.39, 0.29) is 0 Å². The first-order chi connectivity index (χ1) is 8.70. The zero-order chi connectivity index (χ0) is 13.0. The molecule has 1 fully saturated rings. The largest absolute Gasteiger partial charge is 0.390 e. The predicted molar refractivity (Wildman–Crippen MR) is 74.9 cm³/mol. The van der Waals surface area contributed by atoms with Crippen LogP contribution in [-0.2, 0) is 0 Å². The van der Waals surface area contributed by atoms with Gasteiger partial charge in [-0.2, -0.15) is 0 Å². The van der Waals surface area contributed by atoms with Crippen molar-refractivity contribution in [1.29, 1.82) is 0 Å². The SMILES string of the molecule is Cc1ccccc1N1CCN(CC(O)CN)CC1. The first-order valence-corrected chi connectivity index (χ1v) is 6.62. The van der Waals surface area contributed by atoms with Crippen LogP contribution in [0.1, 0.15) is 5.56 Å². The number of piperazine rings is 1. The highest BCUT2D eigenvalue weighted by Gasteiger charge is 2.19. The maximum atomic E-state index is 9.56. The summed E-state index contributed by atoms with van der Waals surface area (Å²) in [5, 5.41) is 9.56. The number of aliphatic hydroxyl groups excluding tert-OH is 1. The summed E-state index contributed by atoms with van der Waals surface area (Å²) < 4.78 is 0. The predicted octanol–water partition coefficient (Wildman–Crippen LogP) is 0.437. The van der Waals surface area contributed by atoms with Crippen LogP contribution in [0.2, 0.25) is 0 Å². The third kappa shape index (κ3) is 3.22. The van der Waals surface area contributed by atoms with Gasteiger partial charge in [-0.15, -0.1) is 0 Å². The molecule has 4 nitrogen and oxygen atoms in total. The molecule has 1 aliphatic rings. The monoisotopic (exact) mass is 249 g/mol. The Morgan fingerprint density at radius 1 is 1.22 bits per heavy atom. The van der Waals surface area contributed by atoms with Crippen LogP contribution in [0.4, 0.5) is 5.69 Å². The molecule has 100 valence electrons. The molecule has 3 N–H and O–H groups in total. The highest BCUT2D eigenvalue weighted by atomic mass is 16.3. The van der Waals surface area contributed by atoms with Crippen LogP contribution >= 0.6 is 0 Å². The minimum Gasteiger partial charge on any atom is -0.390 e. The first kappa shape index (κ1) is 13.3. The summed E-state index contributed by atoms with van der Waals surface area (Å²) in [5.41, 5.74) is 8.10. The van der Waals surface area contributed by atoms with Gasteiger partial charge in [-0.25, -0.2) is 0 Å². The Balaban J connectivity index is 1.89. The van der Waals surface area contributed by atoms with Gasteiger partial charge < -0.3 is 15.7 Å². The van der Waals surface area contributed by atoms with Crippen molar-refractivity contribution in [2.75, 3.05) is 44.2 Å². The molecule has 0 saturated carbocycles. The van der Waals surface area contributed by atoms with Crippen LogP contribution in [-0.4, -0.2) is 55.4 Å². The molecule has 1 unspecified atom stereocenters. The second-order valence-electron chi connectivity index (χ2n) is 4.96. The van der Waals surface area contributed by atoms with E-state index in [1.54, 1.807) is 0 Å². The van der Waals surface area contributed by atoms with Crippen LogP contribution in [0, 0.1) is 6.92 Å². The third-order valence-corrected chi connectivity index (χ3v) is 3.57. The number of aliphatic hydroxyl groups is 1. The summed E-state index contributed by atoms with van der Waals surface area (Å²) in [6, 6.07) is 8.50. The molecule has 0 radical (unpaired) electrons. The van der Waals surface area contributed by atoms with E-state index >= 15 is 0 Å². The highest BCUT2D eigenvalue weighted by molar-refractivity contribution is 5.53. The van der Waals surface area contributed by atoms with Crippen molar-refractivity contribution in [2.45, 2.75) is 13.0 Å². The van der Waals surface area contributed by atoms with Gasteiger partial charge in [-0.05, 0) is 18.6 Å². The molecular formula is C14H23N3O. The number of nitrogens with two attached hydrogens (primary N) is 1. The van der Waals surface area contributed by atoms with Gasteiger partial charge in [0.05, 0.1) is 6.10 Å². The van der Waals surface area contributed by atoms with Gasteiger partial charge in [-0.3, -0.25) is 4.90 Å². The summed E-state index contributed by atoms with van der Waals surface area (Å²) in [7, 11) is 0. The maximum Gasteiger partial charge on any atom is 0.0789 e. The Kier molecular flexibility index (Phi) is 4.58. The molecule has 1 atom stereocenters. The molecule has 18 heavy (non-hydrogen) atoms. The number of hydrogen-bond acceptors (Lipinski definition) is 4. The third-order valence-electron chi connectivity index (χ3n) is 3.57. The van der Waals surface area contributed by atoms with Crippen molar-refractivity contribution in [3.63, 3.8) is 0 Å². The van der Waals surface area contributed by atoms with Gasteiger partial charge in [0.15, 0.2) is 0 Å². The molecule has 2 rings (SSSR count). The van der Waals surface area contributed by atoms with Crippen molar-refractivity contribution in [2.24, 2.45) is 5.73 Å². The van der Waals surface area contributed by atoms with E-state index in [1.165, 1.54) is 11.3 Å². The summed E-state index contributed by atoms with van der Waals surface area (Å²) >= 11 is 0. The number of aryl methyl sites for hydroxylation is 1. The van der Waals surface area contributed by atoms with Crippen molar-refractivity contribution >= 4 is 5.69 Å². The van der Waals surface area contributed by atoms with Crippen LogP contribution in [0.15, 0.2) is 24.3 Å². The van der Waals surface area contributed by atoms with Crippen molar-refractivity contribution in [3.8, 4) is 0 Å². The van der Waals surface area contributed by atoms with E-state index in [0.29, 0.717) is 13.1 Å². The topological polar surface area (TPSA) is 52.7 Å². The molecule has 1 aromatic carbocycles. The van der Waals surface area contributed by atoms with E-state index in [2.05, 4.69) is 41.0 Å². The number of rotatable bonds is 4. The molecular weight excluding hydrogens is 226 g/mol. The lowest BCUT2D eigenvalue weighted by Crippen LogP contribution is -2.49. The number of β-amino-alcohol motifs (C(OH)–C–C–N with tert-alkyl or cyclic N) is 1. The number of para-hydroxylation sites is 1. The fourth-order valence-corrected chi connectivity index (χ4v) is 2.46. The number of nitrogens with zero attached hydrogens (tertiary/aromatic N) is 2. The zero-order valence-corrected chi connectivity index (χ0v) is 11.0. The fourth-order valence-electron chi connectivity index (χ4n) is 2.46. The molecule has 0 spiro atoms. The van der Waals surface area contributed by atoms with E-state index in [4.69, 9.17) is 5.73 Å². The van der Waals surface area contributed by atoms with Gasteiger partial charge in [0.1, 0.15) is 0 Å². The highest BCUT2D eigenvalue weighted by Crippen LogP contribution is 2.20. The second kappa shape index (κ2) is 6.18. The minimum absolute atomic E-state index is 0.345.